The number of sulfonamides is 1. The molecule has 7 N–H and O–H groups in total. The van der Waals surface area contributed by atoms with Crippen LogP contribution in [0, 0.1) is 0 Å². The van der Waals surface area contributed by atoms with E-state index in [0.717, 1.165) is 32.1 Å². The SMILES string of the molecule is CCN(CC)S(=O)(=O)c1ccc(Nc2nc(NCC3(N)CCCCC3)[nH]c(=O)c2C(N)=O)cc1OC. The molecule has 0 bridgehead atoms. The average molecular weight is 522 g/mol. The minimum absolute atomic E-state index is 0.00340. The molecule has 1 saturated carbocycles. The van der Waals surface area contributed by atoms with Crippen LogP contribution >= 0.6 is 0 Å². The molecular weight excluding hydrogens is 486 g/mol. The van der Waals surface area contributed by atoms with Crippen LogP contribution in [0.1, 0.15) is 56.3 Å². The number of carbonyl (C=O) groups is 1. The maximum atomic E-state index is 13.0. The van der Waals surface area contributed by atoms with Crippen LogP contribution in [-0.2, 0) is 10.0 Å². The molecular formula is C23H35N7O5S. The molecule has 0 spiro atoms. The van der Waals surface area contributed by atoms with E-state index in [1.807, 2.05) is 0 Å². The summed E-state index contributed by atoms with van der Waals surface area (Å²) in [5.74, 6) is -0.813. The Bertz CT molecular complexity index is 1250. The van der Waals surface area contributed by atoms with E-state index < -0.39 is 27.0 Å². The second kappa shape index (κ2) is 11.3. The molecule has 13 heteroatoms. The number of benzene rings is 1. The molecule has 12 nitrogen and oxygen atoms in total. The molecule has 2 aromatic rings. The number of nitrogens with two attached hydrogens (primary N) is 2. The second-order valence-electron chi connectivity index (χ2n) is 8.86. The summed E-state index contributed by atoms with van der Waals surface area (Å²) in [5.41, 5.74) is 10.8. The number of rotatable bonds is 11. The molecule has 0 saturated heterocycles. The fourth-order valence-electron chi connectivity index (χ4n) is 4.37. The first-order chi connectivity index (χ1) is 17.0. The number of amides is 1. The van der Waals surface area contributed by atoms with Crippen LogP contribution in [0.5, 0.6) is 5.75 Å². The number of nitrogens with zero attached hydrogens (tertiary/aromatic N) is 2. The number of hydrogen-bond donors (Lipinski definition) is 5. The van der Waals surface area contributed by atoms with E-state index in [0.29, 0.717) is 25.3 Å². The lowest BCUT2D eigenvalue weighted by molar-refractivity contribution is 0.0999. The topological polar surface area (TPSA) is 186 Å². The minimum atomic E-state index is -3.78. The monoisotopic (exact) mass is 521 g/mol. The summed E-state index contributed by atoms with van der Waals surface area (Å²) in [6.07, 6.45) is 4.94. The van der Waals surface area contributed by atoms with Crippen molar-refractivity contribution in [1.82, 2.24) is 14.3 Å². The highest BCUT2D eigenvalue weighted by Crippen LogP contribution is 2.31. The lowest BCUT2D eigenvalue weighted by atomic mass is 9.82. The Hall–Kier alpha value is -3.16. The molecule has 1 aliphatic rings. The van der Waals surface area contributed by atoms with Crippen molar-refractivity contribution in [3.63, 3.8) is 0 Å². The molecule has 1 amide bonds. The molecule has 0 aliphatic heterocycles. The Morgan fingerprint density at radius 3 is 2.47 bits per heavy atom. The van der Waals surface area contributed by atoms with Gasteiger partial charge in [0, 0.05) is 36.9 Å². The second-order valence-corrected chi connectivity index (χ2v) is 10.8. The zero-order chi connectivity index (χ0) is 26.5. The van der Waals surface area contributed by atoms with Gasteiger partial charge in [0.25, 0.3) is 11.5 Å². The van der Waals surface area contributed by atoms with Crippen LogP contribution in [0.15, 0.2) is 27.9 Å². The van der Waals surface area contributed by atoms with Crippen molar-refractivity contribution in [3.05, 3.63) is 34.1 Å². The quantitative estimate of drug-likeness (QED) is 0.293. The van der Waals surface area contributed by atoms with E-state index in [4.69, 9.17) is 16.2 Å². The minimum Gasteiger partial charge on any atom is -0.495 e. The van der Waals surface area contributed by atoms with E-state index in [2.05, 4.69) is 20.6 Å². The summed E-state index contributed by atoms with van der Waals surface area (Å²) in [7, 11) is -2.42. The molecule has 1 aromatic carbocycles. The van der Waals surface area contributed by atoms with Crippen molar-refractivity contribution in [3.8, 4) is 5.75 Å². The number of ether oxygens (including phenoxy) is 1. The largest absolute Gasteiger partial charge is 0.495 e. The van der Waals surface area contributed by atoms with Crippen molar-refractivity contribution < 1.29 is 17.9 Å². The highest BCUT2D eigenvalue weighted by Gasteiger charge is 2.28. The van der Waals surface area contributed by atoms with Crippen LogP contribution in [0.2, 0.25) is 0 Å². The van der Waals surface area contributed by atoms with Gasteiger partial charge >= 0.3 is 0 Å². The Kier molecular flexibility index (Phi) is 8.59. The first-order valence-electron chi connectivity index (χ1n) is 12.0. The van der Waals surface area contributed by atoms with E-state index in [9.17, 15) is 18.0 Å². The highest BCUT2D eigenvalue weighted by molar-refractivity contribution is 7.89. The average Bonchev–Trinajstić information content (AvgIpc) is 2.83. The van der Waals surface area contributed by atoms with Gasteiger partial charge in [0.05, 0.1) is 7.11 Å². The smallest absolute Gasteiger partial charge is 0.267 e. The van der Waals surface area contributed by atoms with E-state index in [1.165, 1.54) is 29.6 Å². The van der Waals surface area contributed by atoms with Gasteiger partial charge in [0.15, 0.2) is 5.82 Å². The number of nitrogens with one attached hydrogen (secondary N) is 3. The van der Waals surface area contributed by atoms with Crippen LogP contribution in [0.25, 0.3) is 0 Å². The number of carbonyl (C=O) groups excluding carboxylic acids is 1. The van der Waals surface area contributed by atoms with Crippen molar-refractivity contribution in [2.45, 2.75) is 56.4 Å². The number of anilines is 3. The fraction of sp³-hybridized carbons (Fsp3) is 0.522. The molecule has 3 rings (SSSR count). The lowest BCUT2D eigenvalue weighted by Crippen LogP contribution is -2.48. The first kappa shape index (κ1) is 27.4. The third-order valence-electron chi connectivity index (χ3n) is 6.37. The van der Waals surface area contributed by atoms with Gasteiger partial charge in [-0.3, -0.25) is 14.6 Å². The molecule has 198 valence electrons. The number of aromatic nitrogens is 2. The molecule has 1 heterocycles. The molecule has 1 fully saturated rings. The number of hydrogen-bond acceptors (Lipinski definition) is 9. The zero-order valence-corrected chi connectivity index (χ0v) is 21.7. The highest BCUT2D eigenvalue weighted by atomic mass is 32.2. The van der Waals surface area contributed by atoms with Gasteiger partial charge in [-0.2, -0.15) is 9.29 Å². The normalized spacial score (nSPS) is 15.5. The predicted octanol–water partition coefficient (Wildman–Crippen LogP) is 1.73. The number of methoxy groups -OCH3 is 1. The lowest BCUT2D eigenvalue weighted by Gasteiger charge is -2.33. The summed E-state index contributed by atoms with van der Waals surface area (Å²) in [5, 5.41) is 5.97. The predicted molar refractivity (Wildman–Crippen MR) is 138 cm³/mol. The molecule has 1 aliphatic carbocycles. The van der Waals surface area contributed by atoms with Crippen molar-refractivity contribution in [1.29, 1.82) is 0 Å². The summed E-state index contributed by atoms with van der Waals surface area (Å²) in [4.78, 5) is 31.6. The number of aromatic amines is 1. The van der Waals surface area contributed by atoms with Crippen LogP contribution in [-0.4, -0.2) is 60.9 Å². The molecule has 1 aromatic heterocycles. The van der Waals surface area contributed by atoms with Crippen LogP contribution in [0.4, 0.5) is 17.5 Å². The summed E-state index contributed by atoms with van der Waals surface area (Å²) >= 11 is 0. The van der Waals surface area contributed by atoms with Gasteiger partial charge in [0.1, 0.15) is 16.2 Å². The standard InChI is InChI=1S/C23H35N7O5S/c1-4-30(5-2)36(33,34)17-10-9-15(13-16(17)35-3)27-20-18(19(24)31)21(32)29-22(28-20)26-14-23(25)11-7-6-8-12-23/h9-10,13H,4-8,11-12,14,25H2,1-3H3,(H2,24,31)(H3,26,27,28,29,32). The Morgan fingerprint density at radius 2 is 1.89 bits per heavy atom. The molecule has 0 radical (unpaired) electrons. The van der Waals surface area contributed by atoms with Gasteiger partial charge < -0.3 is 26.8 Å². The first-order valence-corrected chi connectivity index (χ1v) is 13.4. The maximum Gasteiger partial charge on any atom is 0.267 e. The summed E-state index contributed by atoms with van der Waals surface area (Å²) in [6, 6.07) is 4.34. The van der Waals surface area contributed by atoms with Crippen LogP contribution < -0.4 is 32.4 Å². The fourth-order valence-corrected chi connectivity index (χ4v) is 5.96. The van der Waals surface area contributed by atoms with Gasteiger partial charge in [-0.05, 0) is 25.0 Å². The van der Waals surface area contributed by atoms with Crippen LogP contribution in [0.3, 0.4) is 0 Å². The summed E-state index contributed by atoms with van der Waals surface area (Å²) in [6.45, 7) is 4.51. The zero-order valence-electron chi connectivity index (χ0n) is 20.9. The van der Waals surface area contributed by atoms with Gasteiger partial charge in [-0.1, -0.05) is 33.1 Å². The number of primary amides is 1. The summed E-state index contributed by atoms with van der Waals surface area (Å²) < 4.78 is 32.6. The molecule has 0 atom stereocenters. The van der Waals surface area contributed by atoms with Gasteiger partial charge in [-0.15, -0.1) is 0 Å². The van der Waals surface area contributed by atoms with Crippen molar-refractivity contribution >= 4 is 33.4 Å². The third kappa shape index (κ3) is 5.97. The third-order valence-corrected chi connectivity index (χ3v) is 8.46. The van der Waals surface area contributed by atoms with E-state index in [-0.39, 0.29) is 28.0 Å². The molecule has 36 heavy (non-hydrogen) atoms. The Balaban J connectivity index is 1.94. The number of H-pyrrole nitrogens is 1. The van der Waals surface area contributed by atoms with Crippen molar-refractivity contribution in [2.75, 3.05) is 37.4 Å². The Labute approximate surface area is 210 Å². The Morgan fingerprint density at radius 1 is 1.22 bits per heavy atom. The molecule has 0 unspecified atom stereocenters. The van der Waals surface area contributed by atoms with E-state index in [1.54, 1.807) is 13.8 Å². The van der Waals surface area contributed by atoms with E-state index >= 15 is 0 Å². The maximum absolute atomic E-state index is 13.0. The van der Waals surface area contributed by atoms with Gasteiger partial charge in [-0.25, -0.2) is 8.42 Å². The van der Waals surface area contributed by atoms with Crippen molar-refractivity contribution in [2.24, 2.45) is 11.5 Å². The van der Waals surface area contributed by atoms with Gasteiger partial charge in [0.2, 0.25) is 16.0 Å².